The van der Waals surface area contributed by atoms with Gasteiger partial charge in [0.1, 0.15) is 0 Å². The van der Waals surface area contributed by atoms with Crippen LogP contribution in [0.25, 0.3) is 10.9 Å². The van der Waals surface area contributed by atoms with Gasteiger partial charge in [-0.15, -0.1) is 0 Å². The maximum Gasteiger partial charge on any atom is 0.335 e. The molecule has 0 fully saturated rings. The highest BCUT2D eigenvalue weighted by Crippen LogP contribution is 2.17. The molecule has 1 aromatic heterocycles. The van der Waals surface area contributed by atoms with Crippen LogP contribution in [0.3, 0.4) is 0 Å². The van der Waals surface area contributed by atoms with Gasteiger partial charge in [0, 0.05) is 23.6 Å². The van der Waals surface area contributed by atoms with Gasteiger partial charge in [0.25, 0.3) is 0 Å². The van der Waals surface area contributed by atoms with E-state index >= 15 is 0 Å². The van der Waals surface area contributed by atoms with Crippen LogP contribution in [-0.2, 0) is 17.6 Å². The van der Waals surface area contributed by atoms with Crippen LogP contribution >= 0.6 is 0 Å². The Kier molecular flexibility index (Phi) is 4.61. The summed E-state index contributed by atoms with van der Waals surface area (Å²) in [5, 5.41) is 12.8. The van der Waals surface area contributed by atoms with Crippen molar-refractivity contribution in [1.29, 1.82) is 0 Å². The number of benzene rings is 2. The summed E-state index contributed by atoms with van der Waals surface area (Å²) >= 11 is 0. The number of carboxylic acid groups (broad SMARTS) is 1. The Balaban J connectivity index is 1.51. The van der Waals surface area contributed by atoms with E-state index in [4.69, 9.17) is 5.11 Å². The second-order valence-corrected chi connectivity index (χ2v) is 5.64. The van der Waals surface area contributed by atoms with Crippen LogP contribution in [-0.4, -0.2) is 28.5 Å². The first-order valence-electron chi connectivity index (χ1n) is 7.77. The van der Waals surface area contributed by atoms with Gasteiger partial charge in [-0.2, -0.15) is 0 Å². The molecule has 0 bridgehead atoms. The molecule has 3 rings (SSSR count). The largest absolute Gasteiger partial charge is 0.478 e. The molecule has 1 heterocycles. The van der Waals surface area contributed by atoms with Gasteiger partial charge in [0.05, 0.1) is 12.0 Å². The lowest BCUT2D eigenvalue weighted by Gasteiger charge is -2.05. The standard InChI is InChI=1S/C19H18N2O3/c22-18(11-15-12-21-17-4-2-1-3-16(15)17)20-10-9-13-5-7-14(8-6-13)19(23)24/h1-8,12,21H,9-11H2,(H,20,22)(H,23,24). The Hall–Kier alpha value is -3.08. The molecule has 0 atom stereocenters. The molecule has 0 saturated heterocycles. The number of hydrogen-bond acceptors (Lipinski definition) is 2. The fourth-order valence-corrected chi connectivity index (χ4v) is 2.67. The molecule has 0 radical (unpaired) electrons. The van der Waals surface area contributed by atoms with E-state index in [1.165, 1.54) is 0 Å². The van der Waals surface area contributed by atoms with Crippen molar-refractivity contribution in [2.75, 3.05) is 6.54 Å². The van der Waals surface area contributed by atoms with Crippen LogP contribution in [0.2, 0.25) is 0 Å². The Morgan fingerprint density at radius 3 is 2.54 bits per heavy atom. The van der Waals surface area contributed by atoms with E-state index < -0.39 is 5.97 Å². The third kappa shape index (κ3) is 3.63. The van der Waals surface area contributed by atoms with Gasteiger partial charge in [-0.05, 0) is 35.7 Å². The molecule has 0 unspecified atom stereocenters. The zero-order valence-corrected chi connectivity index (χ0v) is 13.1. The molecule has 3 aromatic rings. The summed E-state index contributed by atoms with van der Waals surface area (Å²) in [6.07, 6.45) is 2.87. The first kappa shape index (κ1) is 15.8. The summed E-state index contributed by atoms with van der Waals surface area (Å²) in [6, 6.07) is 14.6. The minimum absolute atomic E-state index is 0.0260. The summed E-state index contributed by atoms with van der Waals surface area (Å²) in [6.45, 7) is 0.521. The van der Waals surface area contributed by atoms with Gasteiger partial charge in [-0.1, -0.05) is 30.3 Å². The van der Waals surface area contributed by atoms with Gasteiger partial charge < -0.3 is 15.4 Å². The normalized spacial score (nSPS) is 10.7. The van der Waals surface area contributed by atoms with Gasteiger partial charge in [0.15, 0.2) is 0 Å². The van der Waals surface area contributed by atoms with Crippen LogP contribution in [0.4, 0.5) is 0 Å². The monoisotopic (exact) mass is 322 g/mol. The van der Waals surface area contributed by atoms with Crippen molar-refractivity contribution in [2.24, 2.45) is 0 Å². The molecule has 24 heavy (non-hydrogen) atoms. The Labute approximate surface area is 139 Å². The fraction of sp³-hybridized carbons (Fsp3) is 0.158. The number of aromatic amines is 1. The zero-order chi connectivity index (χ0) is 16.9. The molecular formula is C19H18N2O3. The molecule has 3 N–H and O–H groups in total. The van der Waals surface area contributed by atoms with Crippen molar-refractivity contribution in [2.45, 2.75) is 12.8 Å². The van der Waals surface area contributed by atoms with Crippen LogP contribution in [0.15, 0.2) is 54.7 Å². The zero-order valence-electron chi connectivity index (χ0n) is 13.1. The molecule has 122 valence electrons. The third-order valence-corrected chi connectivity index (χ3v) is 3.96. The van der Waals surface area contributed by atoms with E-state index in [1.54, 1.807) is 24.3 Å². The predicted molar refractivity (Wildman–Crippen MR) is 92.1 cm³/mol. The number of carboxylic acids is 1. The number of aromatic carboxylic acids is 1. The SMILES string of the molecule is O=C(Cc1c[nH]c2ccccc12)NCCc1ccc(C(=O)O)cc1. The highest BCUT2D eigenvalue weighted by Gasteiger charge is 2.08. The maximum atomic E-state index is 12.1. The number of aromatic nitrogens is 1. The topological polar surface area (TPSA) is 82.2 Å². The second kappa shape index (κ2) is 7.00. The molecule has 0 saturated carbocycles. The first-order valence-corrected chi connectivity index (χ1v) is 7.77. The number of rotatable bonds is 6. The van der Waals surface area contributed by atoms with Crippen molar-refractivity contribution in [3.8, 4) is 0 Å². The molecule has 5 nitrogen and oxygen atoms in total. The maximum absolute atomic E-state index is 12.1. The van der Waals surface area contributed by atoms with Crippen molar-refractivity contribution < 1.29 is 14.7 Å². The van der Waals surface area contributed by atoms with Crippen LogP contribution < -0.4 is 5.32 Å². The third-order valence-electron chi connectivity index (χ3n) is 3.96. The van der Waals surface area contributed by atoms with E-state index in [2.05, 4.69) is 10.3 Å². The number of nitrogens with one attached hydrogen (secondary N) is 2. The first-order chi connectivity index (χ1) is 11.6. The molecule has 2 aromatic carbocycles. The minimum Gasteiger partial charge on any atom is -0.478 e. The summed E-state index contributed by atoms with van der Waals surface area (Å²) in [5.41, 5.74) is 3.27. The number of amides is 1. The second-order valence-electron chi connectivity index (χ2n) is 5.64. The van der Waals surface area contributed by atoms with E-state index in [-0.39, 0.29) is 11.5 Å². The fourth-order valence-electron chi connectivity index (χ4n) is 2.67. The van der Waals surface area contributed by atoms with Crippen molar-refractivity contribution in [3.63, 3.8) is 0 Å². The van der Waals surface area contributed by atoms with Crippen LogP contribution in [0, 0.1) is 0 Å². The van der Waals surface area contributed by atoms with Gasteiger partial charge in [-0.25, -0.2) is 4.79 Å². The number of carbonyl (C=O) groups excluding carboxylic acids is 1. The number of hydrogen-bond donors (Lipinski definition) is 3. The average Bonchev–Trinajstić information content (AvgIpc) is 2.98. The summed E-state index contributed by atoms with van der Waals surface area (Å²) < 4.78 is 0. The summed E-state index contributed by atoms with van der Waals surface area (Å²) in [7, 11) is 0. The number of para-hydroxylation sites is 1. The Morgan fingerprint density at radius 2 is 1.79 bits per heavy atom. The average molecular weight is 322 g/mol. The number of carbonyl (C=O) groups is 2. The summed E-state index contributed by atoms with van der Waals surface area (Å²) in [5.74, 6) is -0.963. The Morgan fingerprint density at radius 1 is 1.04 bits per heavy atom. The Bertz CT molecular complexity index is 866. The lowest BCUT2D eigenvalue weighted by Crippen LogP contribution is -2.27. The van der Waals surface area contributed by atoms with E-state index in [1.807, 2.05) is 30.5 Å². The molecule has 0 aliphatic rings. The van der Waals surface area contributed by atoms with Crippen molar-refractivity contribution in [1.82, 2.24) is 10.3 Å². The summed E-state index contributed by atoms with van der Waals surface area (Å²) in [4.78, 5) is 26.0. The van der Waals surface area contributed by atoms with E-state index in [0.717, 1.165) is 22.0 Å². The van der Waals surface area contributed by atoms with Gasteiger partial charge in [-0.3, -0.25) is 4.79 Å². The minimum atomic E-state index is -0.936. The number of fused-ring (bicyclic) bond motifs is 1. The number of H-pyrrole nitrogens is 1. The van der Waals surface area contributed by atoms with E-state index in [0.29, 0.717) is 19.4 Å². The highest BCUT2D eigenvalue weighted by molar-refractivity contribution is 5.89. The molecular weight excluding hydrogens is 304 g/mol. The quantitative estimate of drug-likeness (QED) is 0.652. The van der Waals surface area contributed by atoms with Gasteiger partial charge >= 0.3 is 5.97 Å². The van der Waals surface area contributed by atoms with E-state index in [9.17, 15) is 9.59 Å². The smallest absolute Gasteiger partial charge is 0.335 e. The lowest BCUT2D eigenvalue weighted by molar-refractivity contribution is -0.120. The lowest BCUT2D eigenvalue weighted by atomic mass is 10.1. The van der Waals surface area contributed by atoms with Crippen molar-refractivity contribution in [3.05, 3.63) is 71.4 Å². The van der Waals surface area contributed by atoms with Gasteiger partial charge in [0.2, 0.25) is 5.91 Å². The van der Waals surface area contributed by atoms with Crippen LogP contribution in [0.5, 0.6) is 0 Å². The molecule has 1 amide bonds. The van der Waals surface area contributed by atoms with Crippen molar-refractivity contribution >= 4 is 22.8 Å². The predicted octanol–water partition coefficient (Wildman–Crippen LogP) is 2.77. The highest BCUT2D eigenvalue weighted by atomic mass is 16.4. The molecule has 0 aliphatic carbocycles. The molecule has 0 spiro atoms. The van der Waals surface area contributed by atoms with Crippen LogP contribution in [0.1, 0.15) is 21.5 Å². The molecule has 5 heteroatoms. The molecule has 0 aliphatic heterocycles.